The van der Waals surface area contributed by atoms with Gasteiger partial charge in [0.1, 0.15) is 11.8 Å². The average Bonchev–Trinajstić information content (AvgIpc) is 3.39. The molecule has 0 aliphatic rings. The third-order valence-electron chi connectivity index (χ3n) is 5.61. The maximum atomic E-state index is 13.7. The van der Waals surface area contributed by atoms with E-state index >= 15 is 0 Å². The molecular weight excluding hydrogens is 458 g/mol. The van der Waals surface area contributed by atoms with Gasteiger partial charge in [-0.1, -0.05) is 30.3 Å². The molecule has 1 N–H and O–H groups in total. The first kappa shape index (κ1) is 24.2. The Labute approximate surface area is 209 Å². The molecule has 0 aliphatic carbocycles. The number of ether oxygens (including phenoxy) is 1. The number of aromatic nitrogens is 1. The SMILES string of the molecule is COc1ccc(CNC(=O)[C@H](c2ccncc2)N(C(=O)Cc2cccs2)c2cccc(C)c2)cc1. The first-order chi connectivity index (χ1) is 17.0. The van der Waals surface area contributed by atoms with Crippen LogP contribution >= 0.6 is 11.3 Å². The van der Waals surface area contributed by atoms with Gasteiger partial charge in [-0.15, -0.1) is 11.3 Å². The molecule has 2 aromatic heterocycles. The average molecular weight is 486 g/mol. The normalized spacial score (nSPS) is 11.5. The maximum Gasteiger partial charge on any atom is 0.248 e. The molecule has 4 rings (SSSR count). The minimum atomic E-state index is -0.856. The molecule has 0 saturated carbocycles. The van der Waals surface area contributed by atoms with E-state index in [1.54, 1.807) is 36.5 Å². The predicted octanol–water partition coefficient (Wildman–Crippen LogP) is 5.09. The highest BCUT2D eigenvalue weighted by Gasteiger charge is 2.33. The van der Waals surface area contributed by atoms with Crippen molar-refractivity contribution >= 4 is 28.8 Å². The van der Waals surface area contributed by atoms with Gasteiger partial charge in [-0.25, -0.2) is 0 Å². The molecule has 2 heterocycles. The Morgan fingerprint density at radius 1 is 1.03 bits per heavy atom. The fourth-order valence-electron chi connectivity index (χ4n) is 3.85. The standard InChI is InChI=1S/C28H27N3O3S/c1-20-5-3-6-23(17-20)31(26(32)18-25-7-4-16-35-25)27(22-12-14-29-15-13-22)28(33)30-19-21-8-10-24(34-2)11-9-21/h3-17,27H,18-19H2,1-2H3,(H,30,33)/t27-/m0/s1. The van der Waals surface area contributed by atoms with Crippen LogP contribution in [0.25, 0.3) is 0 Å². The molecule has 0 radical (unpaired) electrons. The van der Waals surface area contributed by atoms with Gasteiger partial charge in [-0.05, 0) is 71.5 Å². The zero-order valence-electron chi connectivity index (χ0n) is 19.7. The van der Waals surface area contributed by atoms with E-state index in [1.165, 1.54) is 11.3 Å². The molecule has 4 aromatic rings. The van der Waals surface area contributed by atoms with E-state index < -0.39 is 6.04 Å². The van der Waals surface area contributed by atoms with Gasteiger partial charge in [0.2, 0.25) is 11.8 Å². The Morgan fingerprint density at radius 3 is 2.46 bits per heavy atom. The van der Waals surface area contributed by atoms with Crippen molar-refractivity contribution in [3.05, 3.63) is 112 Å². The van der Waals surface area contributed by atoms with Crippen molar-refractivity contribution in [3.63, 3.8) is 0 Å². The molecule has 7 heteroatoms. The molecule has 2 amide bonds. The second-order valence-corrected chi connectivity index (χ2v) is 9.14. The van der Waals surface area contributed by atoms with Crippen LogP contribution in [0.2, 0.25) is 0 Å². The first-order valence-corrected chi connectivity index (χ1v) is 12.1. The van der Waals surface area contributed by atoms with Crippen molar-refractivity contribution in [3.8, 4) is 5.75 Å². The Bertz CT molecular complexity index is 1260. The van der Waals surface area contributed by atoms with Crippen molar-refractivity contribution < 1.29 is 14.3 Å². The number of hydrogen-bond donors (Lipinski definition) is 1. The minimum Gasteiger partial charge on any atom is -0.497 e. The molecule has 0 fully saturated rings. The minimum absolute atomic E-state index is 0.153. The van der Waals surface area contributed by atoms with Crippen molar-refractivity contribution in [1.82, 2.24) is 10.3 Å². The van der Waals surface area contributed by atoms with Gasteiger partial charge < -0.3 is 10.1 Å². The molecule has 35 heavy (non-hydrogen) atoms. The monoisotopic (exact) mass is 485 g/mol. The van der Waals surface area contributed by atoms with Crippen LogP contribution in [0, 0.1) is 6.92 Å². The summed E-state index contributed by atoms with van der Waals surface area (Å²) in [4.78, 5) is 34.1. The van der Waals surface area contributed by atoms with Gasteiger partial charge in [0.15, 0.2) is 0 Å². The van der Waals surface area contributed by atoms with Crippen molar-refractivity contribution in [2.45, 2.75) is 25.9 Å². The highest BCUT2D eigenvalue weighted by molar-refractivity contribution is 7.10. The number of pyridine rings is 1. The van der Waals surface area contributed by atoms with Crippen molar-refractivity contribution in [2.75, 3.05) is 12.0 Å². The van der Waals surface area contributed by atoms with Gasteiger partial charge in [-0.2, -0.15) is 0 Å². The Balaban J connectivity index is 1.68. The predicted molar refractivity (Wildman–Crippen MR) is 139 cm³/mol. The van der Waals surface area contributed by atoms with Gasteiger partial charge in [-0.3, -0.25) is 19.5 Å². The number of anilines is 1. The third kappa shape index (κ3) is 6.13. The number of rotatable bonds is 9. The molecule has 2 aromatic carbocycles. The van der Waals surface area contributed by atoms with E-state index in [1.807, 2.05) is 73.0 Å². The lowest BCUT2D eigenvalue weighted by Gasteiger charge is -2.31. The molecule has 6 nitrogen and oxygen atoms in total. The smallest absolute Gasteiger partial charge is 0.248 e. The lowest BCUT2D eigenvalue weighted by molar-refractivity contribution is -0.126. The second kappa shape index (κ2) is 11.4. The van der Waals surface area contributed by atoms with Crippen LogP contribution < -0.4 is 15.0 Å². The summed E-state index contributed by atoms with van der Waals surface area (Å²) in [5, 5.41) is 4.97. The number of aryl methyl sites for hydroxylation is 1. The van der Waals surface area contributed by atoms with E-state index in [9.17, 15) is 9.59 Å². The van der Waals surface area contributed by atoms with Crippen LogP contribution in [0.3, 0.4) is 0 Å². The summed E-state index contributed by atoms with van der Waals surface area (Å²) in [5.74, 6) is 0.326. The van der Waals surface area contributed by atoms with Crippen LogP contribution in [0.15, 0.2) is 90.6 Å². The van der Waals surface area contributed by atoms with E-state index in [4.69, 9.17) is 4.74 Å². The van der Waals surface area contributed by atoms with Crippen LogP contribution in [0.5, 0.6) is 5.75 Å². The van der Waals surface area contributed by atoms with Crippen LogP contribution in [0.4, 0.5) is 5.69 Å². The van der Waals surface area contributed by atoms with Gasteiger partial charge in [0, 0.05) is 29.5 Å². The molecule has 0 saturated heterocycles. The van der Waals surface area contributed by atoms with Crippen LogP contribution in [-0.4, -0.2) is 23.9 Å². The van der Waals surface area contributed by atoms with E-state index in [2.05, 4.69) is 10.3 Å². The van der Waals surface area contributed by atoms with Crippen LogP contribution in [0.1, 0.15) is 27.6 Å². The zero-order chi connectivity index (χ0) is 24.6. The third-order valence-corrected chi connectivity index (χ3v) is 6.48. The molecule has 0 unspecified atom stereocenters. The van der Waals surface area contributed by atoms with Crippen molar-refractivity contribution in [1.29, 1.82) is 0 Å². The largest absolute Gasteiger partial charge is 0.497 e. The quantitative estimate of drug-likeness (QED) is 0.358. The highest BCUT2D eigenvalue weighted by Crippen LogP contribution is 2.30. The maximum absolute atomic E-state index is 13.7. The summed E-state index contributed by atoms with van der Waals surface area (Å²) in [6.45, 7) is 2.29. The van der Waals surface area contributed by atoms with E-state index in [0.717, 1.165) is 21.8 Å². The summed E-state index contributed by atoms with van der Waals surface area (Å²) in [6.07, 6.45) is 3.48. The Kier molecular flexibility index (Phi) is 7.90. The van der Waals surface area contributed by atoms with Gasteiger partial charge in [0.25, 0.3) is 0 Å². The topological polar surface area (TPSA) is 71.5 Å². The number of nitrogens with zero attached hydrogens (tertiary/aromatic N) is 2. The van der Waals surface area contributed by atoms with Crippen molar-refractivity contribution in [2.24, 2.45) is 0 Å². The number of thiophene rings is 1. The van der Waals surface area contributed by atoms with Gasteiger partial charge in [0.05, 0.1) is 13.5 Å². The molecular formula is C28H27N3O3S. The van der Waals surface area contributed by atoms with E-state index in [-0.39, 0.29) is 18.2 Å². The summed E-state index contributed by atoms with van der Waals surface area (Å²) in [5.41, 5.74) is 3.30. The highest BCUT2D eigenvalue weighted by atomic mass is 32.1. The van der Waals surface area contributed by atoms with Crippen LogP contribution in [-0.2, 0) is 22.6 Å². The Morgan fingerprint density at radius 2 is 1.80 bits per heavy atom. The lowest BCUT2D eigenvalue weighted by atomic mass is 10.0. The fourth-order valence-corrected chi connectivity index (χ4v) is 4.55. The first-order valence-electron chi connectivity index (χ1n) is 11.3. The molecule has 0 bridgehead atoms. The van der Waals surface area contributed by atoms with Gasteiger partial charge >= 0.3 is 0 Å². The number of carbonyl (C=O) groups is 2. The molecule has 1 atom stereocenters. The summed E-state index contributed by atoms with van der Waals surface area (Å²) >= 11 is 1.53. The summed E-state index contributed by atoms with van der Waals surface area (Å²) in [7, 11) is 1.61. The summed E-state index contributed by atoms with van der Waals surface area (Å²) < 4.78 is 5.21. The fraction of sp³-hybridized carbons (Fsp3) is 0.179. The molecule has 178 valence electrons. The second-order valence-electron chi connectivity index (χ2n) is 8.11. The molecule has 0 aliphatic heterocycles. The zero-order valence-corrected chi connectivity index (χ0v) is 20.5. The number of carbonyl (C=O) groups excluding carboxylic acids is 2. The number of nitrogens with one attached hydrogen (secondary N) is 1. The number of hydrogen-bond acceptors (Lipinski definition) is 5. The Hall–Kier alpha value is -3.97. The lowest BCUT2D eigenvalue weighted by Crippen LogP contribution is -2.44. The van der Waals surface area contributed by atoms with E-state index in [0.29, 0.717) is 17.8 Å². The number of methoxy groups -OCH3 is 1. The molecule has 0 spiro atoms. The summed E-state index contributed by atoms with van der Waals surface area (Å²) in [6, 6.07) is 21.7. The number of amides is 2. The number of benzene rings is 2.